The third-order valence-corrected chi connectivity index (χ3v) is 4.04. The molecule has 0 amide bonds. The van der Waals surface area contributed by atoms with Crippen molar-refractivity contribution in [3.8, 4) is 0 Å². The lowest BCUT2D eigenvalue weighted by Crippen LogP contribution is -2.44. The average molecular weight is 274 g/mol. The van der Waals surface area contributed by atoms with Gasteiger partial charge >= 0.3 is 5.97 Å². The van der Waals surface area contributed by atoms with Crippen LogP contribution >= 0.6 is 0 Å². The number of para-hydroxylation sites is 1. The summed E-state index contributed by atoms with van der Waals surface area (Å²) in [6.45, 7) is 7.58. The molecule has 1 heterocycles. The first kappa shape index (κ1) is 14.6. The zero-order chi connectivity index (χ0) is 14.7. The van der Waals surface area contributed by atoms with Crippen molar-refractivity contribution in [2.24, 2.45) is 0 Å². The topological polar surface area (TPSA) is 43.8 Å². The number of carboxylic acids is 1. The third kappa shape index (κ3) is 3.02. The summed E-state index contributed by atoms with van der Waals surface area (Å²) in [6, 6.07) is 8.07. The molecule has 0 aromatic heterocycles. The summed E-state index contributed by atoms with van der Waals surface area (Å²) in [7, 11) is 2.13. The second-order valence-electron chi connectivity index (χ2n) is 5.36. The number of allylic oxidation sites excluding steroid dienone is 1. The standard InChI is InChI=1S/C16H22N2O2/c1-12(13(2)16(19)20)14-6-4-5-7-15(14)18-10-8-17(3)9-11-18/h4-7H,8-11H2,1-3H3,(H,19,20)/b13-12-. The molecule has 4 nitrogen and oxygen atoms in total. The van der Waals surface area contributed by atoms with Gasteiger partial charge < -0.3 is 14.9 Å². The molecule has 1 aromatic carbocycles. The molecular formula is C16H22N2O2. The smallest absolute Gasteiger partial charge is 0.331 e. The average Bonchev–Trinajstić information content (AvgIpc) is 2.46. The van der Waals surface area contributed by atoms with E-state index in [1.165, 1.54) is 0 Å². The number of rotatable bonds is 3. The van der Waals surface area contributed by atoms with E-state index in [-0.39, 0.29) is 0 Å². The van der Waals surface area contributed by atoms with Crippen molar-refractivity contribution in [3.63, 3.8) is 0 Å². The number of piperazine rings is 1. The van der Waals surface area contributed by atoms with Gasteiger partial charge in [0.25, 0.3) is 0 Å². The summed E-state index contributed by atoms with van der Waals surface area (Å²) in [6.07, 6.45) is 0. The molecular weight excluding hydrogens is 252 g/mol. The molecule has 1 aliphatic rings. The Hall–Kier alpha value is -1.81. The number of hydrogen-bond acceptors (Lipinski definition) is 3. The van der Waals surface area contributed by atoms with Crippen molar-refractivity contribution in [1.29, 1.82) is 0 Å². The van der Waals surface area contributed by atoms with Crippen molar-refractivity contribution >= 4 is 17.2 Å². The van der Waals surface area contributed by atoms with Crippen LogP contribution in [0, 0.1) is 0 Å². The molecule has 1 N–H and O–H groups in total. The van der Waals surface area contributed by atoms with Crippen LogP contribution in [0.4, 0.5) is 5.69 Å². The fraction of sp³-hybridized carbons (Fsp3) is 0.438. The Kier molecular flexibility index (Phi) is 4.45. The largest absolute Gasteiger partial charge is 0.478 e. The predicted molar refractivity (Wildman–Crippen MR) is 82.1 cm³/mol. The summed E-state index contributed by atoms with van der Waals surface area (Å²) in [5.41, 5.74) is 3.41. The Balaban J connectivity index is 2.36. The Morgan fingerprint density at radius 1 is 1.10 bits per heavy atom. The Labute approximate surface area is 120 Å². The van der Waals surface area contributed by atoms with Crippen LogP contribution < -0.4 is 4.90 Å². The van der Waals surface area contributed by atoms with E-state index in [1.807, 2.05) is 25.1 Å². The van der Waals surface area contributed by atoms with E-state index in [2.05, 4.69) is 22.9 Å². The van der Waals surface area contributed by atoms with E-state index in [9.17, 15) is 9.90 Å². The summed E-state index contributed by atoms with van der Waals surface area (Å²) >= 11 is 0. The van der Waals surface area contributed by atoms with Crippen LogP contribution in [0.2, 0.25) is 0 Å². The number of hydrogen-bond donors (Lipinski definition) is 1. The van der Waals surface area contributed by atoms with E-state index < -0.39 is 5.97 Å². The maximum atomic E-state index is 11.2. The first-order chi connectivity index (χ1) is 9.50. The highest BCUT2D eigenvalue weighted by atomic mass is 16.4. The first-order valence-corrected chi connectivity index (χ1v) is 6.94. The van der Waals surface area contributed by atoms with E-state index in [0.29, 0.717) is 5.57 Å². The van der Waals surface area contributed by atoms with Gasteiger partial charge in [0.05, 0.1) is 0 Å². The van der Waals surface area contributed by atoms with Gasteiger partial charge in [0, 0.05) is 43.0 Å². The molecule has 1 aromatic rings. The zero-order valence-corrected chi connectivity index (χ0v) is 12.4. The van der Waals surface area contributed by atoms with Gasteiger partial charge in [-0.3, -0.25) is 0 Å². The lowest BCUT2D eigenvalue weighted by atomic mass is 9.99. The molecule has 20 heavy (non-hydrogen) atoms. The highest BCUT2D eigenvalue weighted by molar-refractivity contribution is 5.97. The highest BCUT2D eigenvalue weighted by Crippen LogP contribution is 2.29. The van der Waals surface area contributed by atoms with Gasteiger partial charge in [-0.1, -0.05) is 18.2 Å². The number of carboxylic acid groups (broad SMARTS) is 1. The zero-order valence-electron chi connectivity index (χ0n) is 12.4. The maximum absolute atomic E-state index is 11.2. The van der Waals surface area contributed by atoms with Gasteiger partial charge in [-0.2, -0.15) is 0 Å². The number of aliphatic carboxylic acids is 1. The molecule has 0 bridgehead atoms. The fourth-order valence-electron chi connectivity index (χ4n) is 2.48. The lowest BCUT2D eigenvalue weighted by molar-refractivity contribution is -0.132. The van der Waals surface area contributed by atoms with Crippen LogP contribution in [0.5, 0.6) is 0 Å². The van der Waals surface area contributed by atoms with Crippen molar-refractivity contribution in [1.82, 2.24) is 4.90 Å². The Bertz CT molecular complexity index is 529. The van der Waals surface area contributed by atoms with Crippen LogP contribution in [0.3, 0.4) is 0 Å². The van der Waals surface area contributed by atoms with Gasteiger partial charge in [0.2, 0.25) is 0 Å². The molecule has 2 rings (SSSR count). The number of likely N-dealkylation sites (N-methyl/N-ethyl adjacent to an activating group) is 1. The predicted octanol–water partition coefficient (Wildman–Crippen LogP) is 2.32. The maximum Gasteiger partial charge on any atom is 0.331 e. The van der Waals surface area contributed by atoms with Crippen LogP contribution in [0.25, 0.3) is 5.57 Å². The molecule has 1 aliphatic heterocycles. The Morgan fingerprint density at radius 2 is 1.70 bits per heavy atom. The van der Waals surface area contributed by atoms with E-state index in [1.54, 1.807) is 6.92 Å². The van der Waals surface area contributed by atoms with Crippen LogP contribution in [0.15, 0.2) is 29.8 Å². The summed E-state index contributed by atoms with van der Waals surface area (Å²) in [4.78, 5) is 15.8. The van der Waals surface area contributed by atoms with E-state index in [4.69, 9.17) is 0 Å². The number of carbonyl (C=O) groups is 1. The Morgan fingerprint density at radius 3 is 2.30 bits per heavy atom. The molecule has 0 aliphatic carbocycles. The van der Waals surface area contributed by atoms with Crippen molar-refractivity contribution < 1.29 is 9.90 Å². The molecule has 1 fully saturated rings. The van der Waals surface area contributed by atoms with Gasteiger partial charge in [-0.25, -0.2) is 4.79 Å². The summed E-state index contributed by atoms with van der Waals surface area (Å²) in [5, 5.41) is 9.17. The molecule has 1 saturated heterocycles. The second-order valence-corrected chi connectivity index (χ2v) is 5.36. The van der Waals surface area contributed by atoms with Crippen molar-refractivity contribution in [2.75, 3.05) is 38.1 Å². The highest BCUT2D eigenvalue weighted by Gasteiger charge is 2.18. The normalized spacial score (nSPS) is 17.9. The molecule has 0 unspecified atom stereocenters. The summed E-state index contributed by atoms with van der Waals surface area (Å²) in [5.74, 6) is -0.851. The molecule has 0 atom stereocenters. The number of anilines is 1. The second kappa shape index (κ2) is 6.09. The third-order valence-electron chi connectivity index (χ3n) is 4.04. The minimum absolute atomic E-state index is 0.409. The van der Waals surface area contributed by atoms with Crippen LogP contribution in [0.1, 0.15) is 19.4 Å². The molecule has 4 heteroatoms. The monoisotopic (exact) mass is 274 g/mol. The van der Waals surface area contributed by atoms with Gasteiger partial charge in [-0.15, -0.1) is 0 Å². The first-order valence-electron chi connectivity index (χ1n) is 6.94. The lowest BCUT2D eigenvalue weighted by Gasteiger charge is -2.35. The molecule has 0 spiro atoms. The number of benzene rings is 1. The minimum atomic E-state index is -0.851. The molecule has 0 saturated carbocycles. The van der Waals surface area contributed by atoms with Crippen LogP contribution in [-0.4, -0.2) is 49.2 Å². The quantitative estimate of drug-likeness (QED) is 0.859. The van der Waals surface area contributed by atoms with Gasteiger partial charge in [0.1, 0.15) is 0 Å². The fourth-order valence-corrected chi connectivity index (χ4v) is 2.48. The van der Waals surface area contributed by atoms with Crippen molar-refractivity contribution in [3.05, 3.63) is 35.4 Å². The number of nitrogens with zero attached hydrogens (tertiary/aromatic N) is 2. The molecule has 0 radical (unpaired) electrons. The molecule has 108 valence electrons. The SMILES string of the molecule is C/C(C(=O)O)=C(\C)c1ccccc1N1CCN(C)CC1. The van der Waals surface area contributed by atoms with Crippen LogP contribution in [-0.2, 0) is 4.79 Å². The van der Waals surface area contributed by atoms with Gasteiger partial charge in [0.15, 0.2) is 0 Å². The van der Waals surface area contributed by atoms with Gasteiger partial charge in [-0.05, 0) is 32.5 Å². The summed E-state index contributed by atoms with van der Waals surface area (Å²) < 4.78 is 0. The minimum Gasteiger partial charge on any atom is -0.478 e. The van der Waals surface area contributed by atoms with E-state index in [0.717, 1.165) is 43.0 Å². The van der Waals surface area contributed by atoms with Crippen molar-refractivity contribution in [2.45, 2.75) is 13.8 Å². The van der Waals surface area contributed by atoms with E-state index >= 15 is 0 Å².